The molecule has 3 rings (SSSR count). The average molecular weight is 311 g/mol. The van der Waals surface area contributed by atoms with Crippen LogP contribution in [0.1, 0.15) is 0 Å². The molecule has 1 saturated heterocycles. The number of para-hydroxylation sites is 1. The van der Waals surface area contributed by atoms with Crippen LogP contribution in [-0.2, 0) is 4.79 Å². The van der Waals surface area contributed by atoms with Crippen LogP contribution >= 0.6 is 0 Å². The average Bonchev–Trinajstić information content (AvgIpc) is 2.61. The van der Waals surface area contributed by atoms with E-state index >= 15 is 0 Å². The summed E-state index contributed by atoms with van der Waals surface area (Å²) >= 11 is 0. The van der Waals surface area contributed by atoms with Gasteiger partial charge in [-0.3, -0.25) is 4.79 Å². The third-order valence-electron chi connectivity index (χ3n) is 3.97. The molecule has 0 spiro atoms. The summed E-state index contributed by atoms with van der Waals surface area (Å²) in [6.45, 7) is 3.10. The molecule has 0 saturated carbocycles. The Morgan fingerprint density at radius 2 is 1.74 bits per heavy atom. The lowest BCUT2D eigenvalue weighted by atomic mass is 10.2. The van der Waals surface area contributed by atoms with E-state index in [1.54, 1.807) is 0 Å². The fourth-order valence-electron chi connectivity index (χ4n) is 2.69. The molecule has 0 radical (unpaired) electrons. The highest BCUT2D eigenvalue weighted by atomic mass is 16.5. The molecule has 5 nitrogen and oxygen atoms in total. The second-order valence-corrected chi connectivity index (χ2v) is 5.56. The van der Waals surface area contributed by atoms with E-state index < -0.39 is 0 Å². The molecule has 0 bridgehead atoms. The van der Waals surface area contributed by atoms with E-state index in [0.717, 1.165) is 30.2 Å². The fourth-order valence-corrected chi connectivity index (χ4v) is 2.69. The second kappa shape index (κ2) is 7.05. The van der Waals surface area contributed by atoms with Gasteiger partial charge in [-0.1, -0.05) is 24.3 Å². The Bertz CT molecular complexity index is 652. The number of nitrogens with zero attached hydrogens (tertiary/aromatic N) is 2. The van der Waals surface area contributed by atoms with Gasteiger partial charge in [0.2, 0.25) is 0 Å². The molecule has 5 heteroatoms. The number of carbonyl (C=O) groups excluding carboxylic acids is 1. The highest BCUT2D eigenvalue weighted by molar-refractivity contribution is 5.78. The van der Waals surface area contributed by atoms with Crippen LogP contribution in [0.5, 0.6) is 5.75 Å². The van der Waals surface area contributed by atoms with E-state index in [0.29, 0.717) is 13.1 Å². The van der Waals surface area contributed by atoms with Gasteiger partial charge in [-0.25, -0.2) is 0 Å². The molecule has 120 valence electrons. The number of anilines is 2. The van der Waals surface area contributed by atoms with Crippen molar-refractivity contribution >= 4 is 17.3 Å². The lowest BCUT2D eigenvalue weighted by Crippen LogP contribution is -2.50. The van der Waals surface area contributed by atoms with Crippen LogP contribution in [0.25, 0.3) is 0 Å². The summed E-state index contributed by atoms with van der Waals surface area (Å²) in [7, 11) is 0. The van der Waals surface area contributed by atoms with Crippen molar-refractivity contribution in [1.82, 2.24) is 4.90 Å². The number of nitrogen functional groups attached to an aromatic ring is 1. The van der Waals surface area contributed by atoms with Gasteiger partial charge in [-0.15, -0.1) is 0 Å². The molecule has 1 fully saturated rings. The number of rotatable bonds is 4. The quantitative estimate of drug-likeness (QED) is 0.877. The van der Waals surface area contributed by atoms with Gasteiger partial charge in [0.25, 0.3) is 5.91 Å². The van der Waals surface area contributed by atoms with E-state index in [4.69, 9.17) is 10.5 Å². The first-order valence-electron chi connectivity index (χ1n) is 7.78. The monoisotopic (exact) mass is 311 g/mol. The summed E-state index contributed by atoms with van der Waals surface area (Å²) in [5.74, 6) is 0.750. The first kappa shape index (κ1) is 15.2. The van der Waals surface area contributed by atoms with E-state index in [1.807, 2.05) is 59.5 Å². The standard InChI is InChI=1S/C18H21N3O2/c19-15-5-4-6-16(13-15)20-9-11-21(12-10-20)18(22)14-23-17-7-2-1-3-8-17/h1-8,13H,9-12,14,19H2. The van der Waals surface area contributed by atoms with Crippen LogP contribution in [0, 0.1) is 0 Å². The number of hydrogen-bond donors (Lipinski definition) is 1. The highest BCUT2D eigenvalue weighted by Crippen LogP contribution is 2.19. The molecule has 1 amide bonds. The third kappa shape index (κ3) is 3.94. The molecule has 2 aromatic carbocycles. The third-order valence-corrected chi connectivity index (χ3v) is 3.97. The number of ether oxygens (including phenoxy) is 1. The smallest absolute Gasteiger partial charge is 0.260 e. The minimum atomic E-state index is 0.0288. The molecule has 2 N–H and O–H groups in total. The molecule has 1 aliphatic heterocycles. The molecule has 1 heterocycles. The van der Waals surface area contributed by atoms with Crippen LogP contribution in [-0.4, -0.2) is 43.6 Å². The van der Waals surface area contributed by atoms with Crippen molar-refractivity contribution in [2.45, 2.75) is 0 Å². The largest absolute Gasteiger partial charge is 0.484 e. The lowest BCUT2D eigenvalue weighted by molar-refractivity contribution is -0.133. The summed E-state index contributed by atoms with van der Waals surface area (Å²) < 4.78 is 5.53. The van der Waals surface area contributed by atoms with Gasteiger partial charge in [-0.05, 0) is 30.3 Å². The minimum absolute atomic E-state index is 0.0288. The van der Waals surface area contributed by atoms with Gasteiger partial charge in [0, 0.05) is 37.6 Å². The van der Waals surface area contributed by atoms with E-state index in [2.05, 4.69) is 4.90 Å². The zero-order valence-corrected chi connectivity index (χ0v) is 13.0. The number of piperazine rings is 1. The number of amides is 1. The van der Waals surface area contributed by atoms with Crippen molar-refractivity contribution < 1.29 is 9.53 Å². The minimum Gasteiger partial charge on any atom is -0.484 e. The Hall–Kier alpha value is -2.69. The van der Waals surface area contributed by atoms with E-state index in [9.17, 15) is 4.79 Å². The predicted octanol–water partition coefficient (Wildman–Crippen LogP) is 2.00. The van der Waals surface area contributed by atoms with E-state index in [-0.39, 0.29) is 12.5 Å². The summed E-state index contributed by atoms with van der Waals surface area (Å²) in [5, 5.41) is 0. The van der Waals surface area contributed by atoms with Gasteiger partial charge in [0.1, 0.15) is 5.75 Å². The molecule has 0 atom stereocenters. The number of benzene rings is 2. The Labute approximate surface area is 136 Å². The SMILES string of the molecule is Nc1cccc(N2CCN(C(=O)COc3ccccc3)CC2)c1. The second-order valence-electron chi connectivity index (χ2n) is 5.56. The van der Waals surface area contributed by atoms with Crippen molar-refractivity contribution in [1.29, 1.82) is 0 Å². The first-order valence-corrected chi connectivity index (χ1v) is 7.78. The van der Waals surface area contributed by atoms with Gasteiger partial charge in [-0.2, -0.15) is 0 Å². The van der Waals surface area contributed by atoms with Crippen LogP contribution in [0.2, 0.25) is 0 Å². The van der Waals surface area contributed by atoms with Crippen molar-refractivity contribution in [3.8, 4) is 5.75 Å². The Kier molecular flexibility index (Phi) is 4.66. The maximum Gasteiger partial charge on any atom is 0.260 e. The summed E-state index contributed by atoms with van der Waals surface area (Å²) in [6.07, 6.45) is 0. The van der Waals surface area contributed by atoms with Crippen molar-refractivity contribution in [3.63, 3.8) is 0 Å². The zero-order chi connectivity index (χ0) is 16.1. The molecule has 2 aromatic rings. The number of hydrogen-bond acceptors (Lipinski definition) is 4. The van der Waals surface area contributed by atoms with Gasteiger partial charge in [0.15, 0.2) is 6.61 Å². The molecule has 0 aliphatic carbocycles. The van der Waals surface area contributed by atoms with Crippen LogP contribution in [0.3, 0.4) is 0 Å². The zero-order valence-electron chi connectivity index (χ0n) is 13.0. The molecule has 1 aliphatic rings. The number of nitrogens with two attached hydrogens (primary N) is 1. The van der Waals surface area contributed by atoms with Gasteiger partial charge >= 0.3 is 0 Å². The predicted molar refractivity (Wildman–Crippen MR) is 91.6 cm³/mol. The van der Waals surface area contributed by atoms with Crippen molar-refractivity contribution in [2.75, 3.05) is 43.4 Å². The Balaban J connectivity index is 1.49. The van der Waals surface area contributed by atoms with Crippen LogP contribution < -0.4 is 15.4 Å². The maximum atomic E-state index is 12.2. The molecular formula is C18H21N3O2. The topological polar surface area (TPSA) is 58.8 Å². The van der Waals surface area contributed by atoms with Gasteiger partial charge < -0.3 is 20.3 Å². The van der Waals surface area contributed by atoms with Crippen LogP contribution in [0.15, 0.2) is 54.6 Å². The summed E-state index contributed by atoms with van der Waals surface area (Å²) in [6, 6.07) is 17.3. The molecule has 23 heavy (non-hydrogen) atoms. The molecule has 0 aromatic heterocycles. The summed E-state index contributed by atoms with van der Waals surface area (Å²) in [5.41, 5.74) is 7.70. The lowest BCUT2D eigenvalue weighted by Gasteiger charge is -2.36. The van der Waals surface area contributed by atoms with Crippen molar-refractivity contribution in [3.05, 3.63) is 54.6 Å². The Morgan fingerprint density at radius 1 is 1.00 bits per heavy atom. The molecule has 0 unspecified atom stereocenters. The highest BCUT2D eigenvalue weighted by Gasteiger charge is 2.21. The first-order chi connectivity index (χ1) is 11.2. The van der Waals surface area contributed by atoms with Crippen molar-refractivity contribution in [2.24, 2.45) is 0 Å². The maximum absolute atomic E-state index is 12.2. The van der Waals surface area contributed by atoms with Gasteiger partial charge in [0.05, 0.1) is 0 Å². The fraction of sp³-hybridized carbons (Fsp3) is 0.278. The summed E-state index contributed by atoms with van der Waals surface area (Å²) in [4.78, 5) is 16.3. The van der Waals surface area contributed by atoms with Crippen LogP contribution in [0.4, 0.5) is 11.4 Å². The normalized spacial score (nSPS) is 14.6. The number of carbonyl (C=O) groups is 1. The molecular weight excluding hydrogens is 290 g/mol. The Morgan fingerprint density at radius 3 is 2.43 bits per heavy atom. The van der Waals surface area contributed by atoms with E-state index in [1.165, 1.54) is 0 Å².